The van der Waals surface area contributed by atoms with Gasteiger partial charge in [0.1, 0.15) is 12.2 Å². The number of rotatable bonds is 1. The highest BCUT2D eigenvalue weighted by Crippen LogP contribution is 2.25. The second kappa shape index (κ2) is 2.77. The Kier molecular flexibility index (Phi) is 1.95. The topological polar surface area (TPSA) is 27.7 Å². The highest BCUT2D eigenvalue weighted by molar-refractivity contribution is 9.09. The maximum Gasteiger partial charge on any atom is 0.168 e. The van der Waals surface area contributed by atoms with Crippen LogP contribution in [0.25, 0.3) is 0 Å². The van der Waals surface area contributed by atoms with E-state index in [4.69, 9.17) is 14.2 Å². The number of hydrogen-bond donors (Lipinski definition) is 0. The molecule has 2 heterocycles. The summed E-state index contributed by atoms with van der Waals surface area (Å²) in [6, 6.07) is 0. The molecule has 2 rings (SSSR count). The van der Waals surface area contributed by atoms with Crippen molar-refractivity contribution in [2.24, 2.45) is 0 Å². The predicted octanol–water partition coefficient (Wildman–Crippen LogP) is 0.522. The third kappa shape index (κ3) is 1.09. The fourth-order valence-corrected chi connectivity index (χ4v) is 1.57. The summed E-state index contributed by atoms with van der Waals surface area (Å²) in [5, 5.41) is 0.750. The fourth-order valence-electron chi connectivity index (χ4n) is 1.26. The third-order valence-electron chi connectivity index (χ3n) is 1.76. The minimum Gasteiger partial charge on any atom is -0.376 e. The molecule has 10 heavy (non-hydrogen) atoms. The standard InChI is InChI=1S/C6H9BrO3/c7-1-6-9-4-2-8-3-5(4)10-6/h4-6H,1-3H2/t4-,5+,6?. The Bertz CT molecular complexity index is 118. The lowest BCUT2D eigenvalue weighted by Crippen LogP contribution is -2.18. The van der Waals surface area contributed by atoms with Crippen molar-refractivity contribution in [2.75, 3.05) is 18.5 Å². The first-order chi connectivity index (χ1) is 4.90. The summed E-state index contributed by atoms with van der Waals surface area (Å²) in [4.78, 5) is 0. The van der Waals surface area contributed by atoms with Crippen LogP contribution in [0.15, 0.2) is 0 Å². The predicted molar refractivity (Wildman–Crippen MR) is 38.1 cm³/mol. The zero-order valence-electron chi connectivity index (χ0n) is 5.46. The maximum atomic E-state index is 5.44. The molecule has 0 aromatic rings. The van der Waals surface area contributed by atoms with Crippen molar-refractivity contribution in [3.05, 3.63) is 0 Å². The molecule has 0 saturated carbocycles. The summed E-state index contributed by atoms with van der Waals surface area (Å²) in [5.41, 5.74) is 0. The van der Waals surface area contributed by atoms with Crippen LogP contribution in [0.5, 0.6) is 0 Å². The molecule has 4 heteroatoms. The minimum absolute atomic E-state index is 0.0566. The lowest BCUT2D eigenvalue weighted by molar-refractivity contribution is -0.0770. The van der Waals surface area contributed by atoms with Gasteiger partial charge in [-0.25, -0.2) is 0 Å². The molecule has 1 unspecified atom stereocenters. The molecule has 0 N–H and O–H groups in total. The van der Waals surface area contributed by atoms with Crippen molar-refractivity contribution in [2.45, 2.75) is 18.5 Å². The lowest BCUT2D eigenvalue weighted by atomic mass is 10.3. The van der Waals surface area contributed by atoms with Crippen LogP contribution >= 0.6 is 15.9 Å². The Morgan fingerprint density at radius 2 is 1.80 bits per heavy atom. The number of hydrogen-bond acceptors (Lipinski definition) is 3. The monoisotopic (exact) mass is 208 g/mol. The lowest BCUT2D eigenvalue weighted by Gasteiger charge is -2.06. The number of fused-ring (bicyclic) bond motifs is 1. The first kappa shape index (κ1) is 7.03. The summed E-state index contributed by atoms with van der Waals surface area (Å²) < 4.78 is 16.0. The molecule has 2 fully saturated rings. The van der Waals surface area contributed by atoms with Crippen LogP contribution in [0.4, 0.5) is 0 Å². The molecule has 58 valence electrons. The van der Waals surface area contributed by atoms with E-state index >= 15 is 0 Å². The molecule has 0 radical (unpaired) electrons. The first-order valence-corrected chi connectivity index (χ1v) is 4.47. The summed E-state index contributed by atoms with van der Waals surface area (Å²) in [5.74, 6) is 0. The summed E-state index contributed by atoms with van der Waals surface area (Å²) in [6.07, 6.45) is 0.309. The van der Waals surface area contributed by atoms with Crippen LogP contribution in [0.2, 0.25) is 0 Å². The van der Waals surface area contributed by atoms with E-state index in [1.54, 1.807) is 0 Å². The Labute approximate surface area is 67.8 Å². The number of halogens is 1. The van der Waals surface area contributed by atoms with Crippen LogP contribution in [0.3, 0.4) is 0 Å². The van der Waals surface area contributed by atoms with Crippen LogP contribution in [-0.4, -0.2) is 37.0 Å². The van der Waals surface area contributed by atoms with Crippen molar-refractivity contribution < 1.29 is 14.2 Å². The van der Waals surface area contributed by atoms with Crippen LogP contribution < -0.4 is 0 Å². The molecule has 2 aliphatic rings. The largest absolute Gasteiger partial charge is 0.376 e. The summed E-state index contributed by atoms with van der Waals surface area (Å²) >= 11 is 3.29. The van der Waals surface area contributed by atoms with E-state index in [2.05, 4.69) is 15.9 Å². The Balaban J connectivity index is 1.94. The average molecular weight is 209 g/mol. The number of ether oxygens (including phenoxy) is 3. The van der Waals surface area contributed by atoms with E-state index in [0.29, 0.717) is 13.2 Å². The van der Waals surface area contributed by atoms with Crippen molar-refractivity contribution in [3.63, 3.8) is 0 Å². The van der Waals surface area contributed by atoms with Crippen LogP contribution in [0, 0.1) is 0 Å². The van der Waals surface area contributed by atoms with E-state index in [0.717, 1.165) is 5.33 Å². The van der Waals surface area contributed by atoms with Gasteiger partial charge in [0.25, 0.3) is 0 Å². The summed E-state index contributed by atoms with van der Waals surface area (Å²) in [6.45, 7) is 1.38. The van der Waals surface area contributed by atoms with Gasteiger partial charge in [0, 0.05) is 0 Å². The second-order valence-corrected chi connectivity index (χ2v) is 3.12. The van der Waals surface area contributed by atoms with Crippen LogP contribution in [-0.2, 0) is 14.2 Å². The number of alkyl halides is 1. The van der Waals surface area contributed by atoms with Gasteiger partial charge in [-0.05, 0) is 0 Å². The molecular formula is C6H9BrO3. The molecule has 0 bridgehead atoms. The molecule has 3 atom stereocenters. The molecule has 0 aromatic carbocycles. The SMILES string of the molecule is BrCC1O[C@H]2COC[C@H]2O1. The summed E-state index contributed by atoms with van der Waals surface area (Å²) in [7, 11) is 0. The van der Waals surface area contributed by atoms with Gasteiger partial charge in [-0.15, -0.1) is 0 Å². The zero-order chi connectivity index (χ0) is 6.97. The first-order valence-electron chi connectivity index (χ1n) is 3.35. The van der Waals surface area contributed by atoms with Crippen molar-refractivity contribution in [1.29, 1.82) is 0 Å². The Hall–Kier alpha value is 0.360. The molecule has 0 aromatic heterocycles. The van der Waals surface area contributed by atoms with Gasteiger partial charge in [0.2, 0.25) is 0 Å². The van der Waals surface area contributed by atoms with Crippen LogP contribution in [0.1, 0.15) is 0 Å². The van der Waals surface area contributed by atoms with Crippen molar-refractivity contribution in [3.8, 4) is 0 Å². The quantitative estimate of drug-likeness (QED) is 0.589. The average Bonchev–Trinajstić information content (AvgIpc) is 2.42. The van der Waals surface area contributed by atoms with E-state index in [9.17, 15) is 0 Å². The molecule has 2 aliphatic heterocycles. The van der Waals surface area contributed by atoms with Gasteiger partial charge >= 0.3 is 0 Å². The van der Waals surface area contributed by atoms with Crippen molar-refractivity contribution >= 4 is 15.9 Å². The van der Waals surface area contributed by atoms with E-state index in [1.165, 1.54) is 0 Å². The smallest absolute Gasteiger partial charge is 0.168 e. The highest BCUT2D eigenvalue weighted by Gasteiger charge is 2.39. The molecule has 3 nitrogen and oxygen atoms in total. The minimum atomic E-state index is -0.0566. The zero-order valence-corrected chi connectivity index (χ0v) is 7.04. The van der Waals surface area contributed by atoms with Gasteiger partial charge < -0.3 is 14.2 Å². The van der Waals surface area contributed by atoms with Gasteiger partial charge in [0.05, 0.1) is 18.5 Å². The van der Waals surface area contributed by atoms with E-state index < -0.39 is 0 Å². The van der Waals surface area contributed by atoms with Gasteiger partial charge in [-0.3, -0.25) is 0 Å². The molecule has 0 spiro atoms. The molecular weight excluding hydrogens is 200 g/mol. The molecule has 0 amide bonds. The van der Waals surface area contributed by atoms with Crippen molar-refractivity contribution in [1.82, 2.24) is 0 Å². The highest BCUT2D eigenvalue weighted by atomic mass is 79.9. The third-order valence-corrected chi connectivity index (χ3v) is 2.29. The normalized spacial score (nSPS) is 45.9. The van der Waals surface area contributed by atoms with Gasteiger partial charge in [0.15, 0.2) is 6.29 Å². The van der Waals surface area contributed by atoms with Gasteiger partial charge in [-0.2, -0.15) is 0 Å². The van der Waals surface area contributed by atoms with E-state index in [-0.39, 0.29) is 18.5 Å². The molecule has 0 aliphatic carbocycles. The second-order valence-electron chi connectivity index (χ2n) is 2.47. The molecule has 2 saturated heterocycles. The van der Waals surface area contributed by atoms with Gasteiger partial charge in [-0.1, -0.05) is 15.9 Å². The fraction of sp³-hybridized carbons (Fsp3) is 1.00. The Morgan fingerprint density at radius 1 is 1.20 bits per heavy atom. The maximum absolute atomic E-state index is 5.44. The Morgan fingerprint density at radius 3 is 2.30 bits per heavy atom. The van der Waals surface area contributed by atoms with E-state index in [1.807, 2.05) is 0 Å².